The van der Waals surface area contributed by atoms with Crippen LogP contribution in [-0.4, -0.2) is 15.2 Å². The first-order valence-electron chi connectivity index (χ1n) is 6.62. The van der Waals surface area contributed by atoms with Crippen molar-refractivity contribution < 1.29 is 4.42 Å². The van der Waals surface area contributed by atoms with Crippen molar-refractivity contribution in [3.63, 3.8) is 0 Å². The van der Waals surface area contributed by atoms with Gasteiger partial charge in [-0.05, 0) is 30.3 Å². The molecule has 4 aromatic rings. The Hall–Kier alpha value is -3.08. The predicted molar refractivity (Wildman–Crippen MR) is 81.3 cm³/mol. The number of oxazole rings is 1. The Labute approximate surface area is 120 Å². The highest BCUT2D eigenvalue weighted by Gasteiger charge is 2.12. The van der Waals surface area contributed by atoms with E-state index in [4.69, 9.17) is 4.42 Å². The Morgan fingerprint density at radius 3 is 2.67 bits per heavy atom. The summed E-state index contributed by atoms with van der Waals surface area (Å²) in [5, 5.41) is 10.2. The summed E-state index contributed by atoms with van der Waals surface area (Å²) in [6, 6.07) is 17.6. The molecule has 0 saturated heterocycles. The van der Waals surface area contributed by atoms with Gasteiger partial charge in [-0.25, -0.2) is 4.98 Å². The predicted octanol–water partition coefficient (Wildman–Crippen LogP) is 3.96. The summed E-state index contributed by atoms with van der Waals surface area (Å²) >= 11 is 0. The van der Waals surface area contributed by atoms with E-state index in [1.54, 1.807) is 6.20 Å². The number of nitrogens with one attached hydrogen (secondary N) is 2. The number of para-hydroxylation sites is 2. The Morgan fingerprint density at radius 1 is 0.952 bits per heavy atom. The highest BCUT2D eigenvalue weighted by molar-refractivity contribution is 5.90. The number of aromatic nitrogens is 3. The fourth-order valence-electron chi connectivity index (χ4n) is 2.22. The maximum atomic E-state index is 5.76. The van der Waals surface area contributed by atoms with E-state index in [2.05, 4.69) is 20.5 Å². The molecule has 21 heavy (non-hydrogen) atoms. The van der Waals surface area contributed by atoms with E-state index < -0.39 is 0 Å². The molecule has 2 heterocycles. The summed E-state index contributed by atoms with van der Waals surface area (Å²) in [5.41, 5.74) is 4.13. The van der Waals surface area contributed by atoms with E-state index in [-0.39, 0.29) is 0 Å². The van der Waals surface area contributed by atoms with Gasteiger partial charge >= 0.3 is 0 Å². The van der Waals surface area contributed by atoms with Crippen molar-refractivity contribution in [2.45, 2.75) is 0 Å². The number of rotatable bonds is 3. The summed E-state index contributed by atoms with van der Waals surface area (Å²) < 4.78 is 5.76. The molecule has 0 atom stereocenters. The fourth-order valence-corrected chi connectivity index (χ4v) is 2.22. The highest BCUT2D eigenvalue weighted by atomic mass is 16.3. The summed E-state index contributed by atoms with van der Waals surface area (Å²) in [7, 11) is 0. The van der Waals surface area contributed by atoms with Gasteiger partial charge in [0.15, 0.2) is 5.58 Å². The summed E-state index contributed by atoms with van der Waals surface area (Å²) in [4.78, 5) is 4.54. The van der Waals surface area contributed by atoms with Gasteiger partial charge in [-0.3, -0.25) is 5.10 Å². The van der Waals surface area contributed by atoms with Crippen LogP contribution in [0.1, 0.15) is 0 Å². The van der Waals surface area contributed by atoms with E-state index in [9.17, 15) is 0 Å². The smallest absolute Gasteiger partial charge is 0.248 e. The second kappa shape index (κ2) is 4.79. The lowest BCUT2D eigenvalue weighted by atomic mass is 10.2. The molecule has 0 fully saturated rings. The zero-order valence-corrected chi connectivity index (χ0v) is 11.1. The van der Waals surface area contributed by atoms with E-state index in [0.717, 1.165) is 22.5 Å². The zero-order chi connectivity index (χ0) is 14.1. The minimum absolute atomic E-state index is 0.508. The van der Waals surface area contributed by atoms with Crippen LogP contribution in [-0.2, 0) is 0 Å². The standard InChI is InChI=1S/C16H12N4O/c1-2-5-11(6-3-1)18-12-7-4-8-14-15(12)19-16(21-14)13-9-10-17-20-13/h1-10,18H,(H,17,20). The maximum Gasteiger partial charge on any atom is 0.248 e. The largest absolute Gasteiger partial charge is 0.435 e. The van der Waals surface area contributed by atoms with Crippen LogP contribution in [0.5, 0.6) is 0 Å². The molecule has 4 rings (SSSR count). The quantitative estimate of drug-likeness (QED) is 0.594. The van der Waals surface area contributed by atoms with Crippen LogP contribution < -0.4 is 5.32 Å². The average Bonchev–Trinajstić information content (AvgIpc) is 3.18. The van der Waals surface area contributed by atoms with Gasteiger partial charge in [-0.15, -0.1) is 0 Å². The van der Waals surface area contributed by atoms with Gasteiger partial charge in [0, 0.05) is 11.9 Å². The normalized spacial score (nSPS) is 10.9. The van der Waals surface area contributed by atoms with Gasteiger partial charge in [0.25, 0.3) is 0 Å². The number of fused-ring (bicyclic) bond motifs is 1. The molecular weight excluding hydrogens is 264 g/mol. The van der Waals surface area contributed by atoms with Crippen LogP contribution in [0.2, 0.25) is 0 Å². The molecule has 0 spiro atoms. The molecular formula is C16H12N4O. The molecule has 0 bridgehead atoms. The average molecular weight is 276 g/mol. The first kappa shape index (κ1) is 11.7. The lowest BCUT2D eigenvalue weighted by Gasteiger charge is -2.05. The molecule has 0 aliphatic carbocycles. The Balaban J connectivity index is 1.79. The Bertz CT molecular complexity index is 866. The number of benzene rings is 2. The van der Waals surface area contributed by atoms with Crippen LogP contribution >= 0.6 is 0 Å². The number of aromatic amines is 1. The molecule has 102 valence electrons. The van der Waals surface area contributed by atoms with Gasteiger partial charge in [-0.1, -0.05) is 24.3 Å². The lowest BCUT2D eigenvalue weighted by molar-refractivity contribution is 0.616. The number of H-pyrrole nitrogens is 1. The fraction of sp³-hybridized carbons (Fsp3) is 0. The van der Waals surface area contributed by atoms with E-state index >= 15 is 0 Å². The van der Waals surface area contributed by atoms with E-state index in [1.165, 1.54) is 0 Å². The van der Waals surface area contributed by atoms with Gasteiger partial charge in [-0.2, -0.15) is 5.10 Å². The molecule has 5 heteroatoms. The van der Waals surface area contributed by atoms with Gasteiger partial charge in [0.2, 0.25) is 5.89 Å². The minimum Gasteiger partial charge on any atom is -0.435 e. The van der Waals surface area contributed by atoms with Crippen molar-refractivity contribution in [3.8, 4) is 11.6 Å². The summed E-state index contributed by atoms with van der Waals surface area (Å²) in [5.74, 6) is 0.508. The Kier molecular flexibility index (Phi) is 2.67. The molecule has 5 nitrogen and oxygen atoms in total. The van der Waals surface area contributed by atoms with E-state index in [0.29, 0.717) is 11.6 Å². The topological polar surface area (TPSA) is 66.7 Å². The number of anilines is 2. The summed E-state index contributed by atoms with van der Waals surface area (Å²) in [6.45, 7) is 0. The molecule has 0 amide bonds. The highest BCUT2D eigenvalue weighted by Crippen LogP contribution is 2.29. The number of nitrogens with zero attached hydrogens (tertiary/aromatic N) is 2. The van der Waals surface area contributed by atoms with E-state index in [1.807, 2.05) is 54.6 Å². The van der Waals surface area contributed by atoms with Crippen molar-refractivity contribution in [1.82, 2.24) is 15.2 Å². The SMILES string of the molecule is c1ccc(Nc2cccc3oc(-c4cc[nH]n4)nc23)cc1. The van der Waals surface area contributed by atoms with Crippen molar-refractivity contribution in [1.29, 1.82) is 0 Å². The molecule has 0 aliphatic heterocycles. The summed E-state index contributed by atoms with van der Waals surface area (Å²) in [6.07, 6.45) is 1.74. The molecule has 0 aliphatic rings. The molecule has 2 N–H and O–H groups in total. The first-order valence-corrected chi connectivity index (χ1v) is 6.62. The third-order valence-electron chi connectivity index (χ3n) is 3.19. The van der Waals surface area contributed by atoms with Gasteiger partial charge < -0.3 is 9.73 Å². The molecule has 2 aromatic heterocycles. The monoisotopic (exact) mass is 276 g/mol. The third kappa shape index (κ3) is 2.14. The van der Waals surface area contributed by atoms with Crippen molar-refractivity contribution in [2.24, 2.45) is 0 Å². The molecule has 0 saturated carbocycles. The number of hydrogen-bond donors (Lipinski definition) is 2. The zero-order valence-electron chi connectivity index (χ0n) is 11.1. The van der Waals surface area contributed by atoms with Crippen LogP contribution in [0.3, 0.4) is 0 Å². The molecule has 0 radical (unpaired) electrons. The minimum atomic E-state index is 0.508. The molecule has 0 unspecified atom stereocenters. The van der Waals surface area contributed by atoms with Crippen molar-refractivity contribution in [2.75, 3.05) is 5.32 Å². The third-order valence-corrected chi connectivity index (χ3v) is 3.19. The van der Waals surface area contributed by atoms with Crippen molar-refractivity contribution in [3.05, 3.63) is 60.8 Å². The second-order valence-electron chi connectivity index (χ2n) is 4.62. The van der Waals surface area contributed by atoms with Gasteiger partial charge in [0.1, 0.15) is 11.2 Å². The van der Waals surface area contributed by atoms with Crippen LogP contribution in [0, 0.1) is 0 Å². The van der Waals surface area contributed by atoms with Crippen LogP contribution in [0.25, 0.3) is 22.7 Å². The van der Waals surface area contributed by atoms with Gasteiger partial charge in [0.05, 0.1) is 5.69 Å². The van der Waals surface area contributed by atoms with Crippen molar-refractivity contribution >= 4 is 22.5 Å². The second-order valence-corrected chi connectivity index (χ2v) is 4.62. The molecule has 2 aromatic carbocycles. The van der Waals surface area contributed by atoms with Crippen LogP contribution in [0.4, 0.5) is 11.4 Å². The lowest BCUT2D eigenvalue weighted by Crippen LogP contribution is -1.90. The maximum absolute atomic E-state index is 5.76. The van der Waals surface area contributed by atoms with Crippen LogP contribution in [0.15, 0.2) is 65.2 Å². The first-order chi connectivity index (χ1) is 10.4. The number of hydrogen-bond acceptors (Lipinski definition) is 4. The Morgan fingerprint density at radius 2 is 1.86 bits per heavy atom.